The fraction of sp³-hybridized carbons (Fsp3) is 0.478. The molecule has 2 aliphatic heterocycles. The summed E-state index contributed by atoms with van der Waals surface area (Å²) >= 11 is 0. The van der Waals surface area contributed by atoms with Crippen LogP contribution in [0.5, 0.6) is 0 Å². The number of carbonyl (C=O) groups is 1. The molecule has 0 spiro atoms. The van der Waals surface area contributed by atoms with Crippen molar-refractivity contribution in [2.75, 3.05) is 13.2 Å². The second-order valence-corrected chi connectivity index (χ2v) is 8.18. The molecule has 2 N–H and O–H groups in total. The number of carbonyl (C=O) groups excluding carboxylic acids is 1. The third kappa shape index (κ3) is 3.40. The molecule has 0 bridgehead atoms. The molecule has 0 radical (unpaired) electrons. The Bertz CT molecular complexity index is 926. The Kier molecular flexibility index (Phi) is 5.56. The number of aromatic nitrogens is 1. The quantitative estimate of drug-likeness (QED) is 0.786. The van der Waals surface area contributed by atoms with E-state index in [0.717, 1.165) is 24.2 Å². The van der Waals surface area contributed by atoms with Crippen LogP contribution in [-0.2, 0) is 11.3 Å². The molecule has 1 fully saturated rings. The molecule has 1 aromatic carbocycles. The molecule has 2 aliphatic rings. The van der Waals surface area contributed by atoms with Gasteiger partial charge in [-0.3, -0.25) is 14.5 Å². The van der Waals surface area contributed by atoms with Gasteiger partial charge in [0, 0.05) is 36.7 Å². The van der Waals surface area contributed by atoms with Gasteiger partial charge in [0.15, 0.2) is 0 Å². The summed E-state index contributed by atoms with van der Waals surface area (Å²) in [5.41, 5.74) is 2.00. The van der Waals surface area contributed by atoms with Gasteiger partial charge in [-0.2, -0.15) is 0 Å². The molecule has 29 heavy (non-hydrogen) atoms. The van der Waals surface area contributed by atoms with Crippen molar-refractivity contribution in [1.29, 1.82) is 0 Å². The lowest BCUT2D eigenvalue weighted by Gasteiger charge is -2.31. The Balaban J connectivity index is 1.64. The zero-order chi connectivity index (χ0) is 20.5. The maximum atomic E-state index is 13.4. The van der Waals surface area contributed by atoms with Crippen molar-refractivity contribution in [2.24, 2.45) is 11.8 Å². The summed E-state index contributed by atoms with van der Waals surface area (Å²) in [5, 5.41) is 13.4. The van der Waals surface area contributed by atoms with Gasteiger partial charge in [0.05, 0.1) is 18.1 Å². The minimum atomic E-state index is -0.398. The third-order valence-corrected chi connectivity index (χ3v) is 6.48. The summed E-state index contributed by atoms with van der Waals surface area (Å²) < 4.78 is 1.81. The average Bonchev–Trinajstić information content (AvgIpc) is 3.25. The smallest absolute Gasteiger partial charge is 0.250 e. The van der Waals surface area contributed by atoms with E-state index in [1.807, 2.05) is 43.3 Å². The summed E-state index contributed by atoms with van der Waals surface area (Å²) in [5.74, 6) is -0.189. The molecular weight excluding hydrogens is 366 g/mol. The first-order valence-electron chi connectivity index (χ1n) is 10.5. The van der Waals surface area contributed by atoms with Gasteiger partial charge in [-0.1, -0.05) is 43.3 Å². The van der Waals surface area contributed by atoms with Crippen molar-refractivity contribution in [3.05, 3.63) is 70.1 Å². The Hall–Kier alpha value is -2.44. The summed E-state index contributed by atoms with van der Waals surface area (Å²) in [6.45, 7) is 5.31. The molecule has 3 heterocycles. The predicted molar refractivity (Wildman–Crippen MR) is 111 cm³/mol. The zero-order valence-corrected chi connectivity index (χ0v) is 17.0. The second-order valence-electron chi connectivity index (χ2n) is 8.18. The lowest BCUT2D eigenvalue weighted by atomic mass is 9.88. The Labute approximate surface area is 171 Å². The van der Waals surface area contributed by atoms with Crippen LogP contribution in [0.15, 0.2) is 53.3 Å². The molecule has 0 aliphatic carbocycles. The molecule has 5 atom stereocenters. The first-order valence-corrected chi connectivity index (χ1v) is 10.5. The number of aliphatic hydroxyl groups is 1. The van der Waals surface area contributed by atoms with Gasteiger partial charge in [0.2, 0.25) is 5.91 Å². The number of nitrogens with zero attached hydrogens (tertiary/aromatic N) is 2. The molecule has 154 valence electrons. The number of rotatable bonds is 6. The maximum Gasteiger partial charge on any atom is 0.250 e. The van der Waals surface area contributed by atoms with E-state index in [1.54, 1.807) is 16.7 Å². The lowest BCUT2D eigenvalue weighted by molar-refractivity contribution is -0.128. The fourth-order valence-corrected chi connectivity index (χ4v) is 5.20. The highest BCUT2D eigenvalue weighted by Crippen LogP contribution is 2.49. The molecule has 6 heteroatoms. The van der Waals surface area contributed by atoms with Crippen LogP contribution in [0.1, 0.15) is 43.6 Å². The topological polar surface area (TPSA) is 74.6 Å². The number of hydrogen-bond donors (Lipinski definition) is 2. The Morgan fingerprint density at radius 3 is 2.66 bits per heavy atom. The number of amides is 1. The van der Waals surface area contributed by atoms with Crippen LogP contribution < -0.4 is 10.9 Å². The van der Waals surface area contributed by atoms with E-state index in [9.17, 15) is 14.7 Å². The van der Waals surface area contributed by atoms with E-state index in [-0.39, 0.29) is 42.0 Å². The first kappa shape index (κ1) is 19.9. The van der Waals surface area contributed by atoms with Crippen molar-refractivity contribution in [3.8, 4) is 0 Å². The van der Waals surface area contributed by atoms with Crippen LogP contribution in [0.25, 0.3) is 0 Å². The molecule has 6 nitrogen and oxygen atoms in total. The van der Waals surface area contributed by atoms with Crippen molar-refractivity contribution in [2.45, 2.75) is 44.9 Å². The fourth-order valence-electron chi connectivity index (χ4n) is 5.20. The molecule has 0 unspecified atom stereocenters. The average molecular weight is 396 g/mol. The van der Waals surface area contributed by atoms with Gasteiger partial charge < -0.3 is 15.0 Å². The zero-order valence-electron chi connectivity index (χ0n) is 17.0. The van der Waals surface area contributed by atoms with E-state index in [4.69, 9.17) is 0 Å². The van der Waals surface area contributed by atoms with Gasteiger partial charge >= 0.3 is 0 Å². The van der Waals surface area contributed by atoms with Gasteiger partial charge in [-0.15, -0.1) is 0 Å². The van der Waals surface area contributed by atoms with E-state index in [1.165, 1.54) is 0 Å². The molecule has 1 aromatic heterocycles. The van der Waals surface area contributed by atoms with E-state index >= 15 is 0 Å². The van der Waals surface area contributed by atoms with Gasteiger partial charge in [-0.25, -0.2) is 0 Å². The SMILES string of the molecule is CCCN1[C@H](C(=O)N[C@H](C)c2ccccc2)[C@@H](CO)[C@@H]2Cn3c(cccc3=O)[C@@H]21. The standard InChI is InChI=1S/C23H29N3O3/c1-3-12-25-21-17(13-26-19(21)10-7-11-20(26)28)18(14-27)22(25)23(29)24-15(2)16-8-5-4-6-9-16/h4-11,15,17-18,21-22,27H,3,12-14H2,1-2H3,(H,24,29)/t15-,17+,18+,21-,22+/m1/s1. The molecule has 4 rings (SSSR count). The van der Waals surface area contributed by atoms with Crippen LogP contribution in [0.4, 0.5) is 0 Å². The predicted octanol–water partition coefficient (Wildman–Crippen LogP) is 2.10. The number of benzene rings is 1. The lowest BCUT2D eigenvalue weighted by Crippen LogP contribution is -2.49. The molecule has 1 saturated heterocycles. The molecule has 2 aromatic rings. The summed E-state index contributed by atoms with van der Waals surface area (Å²) in [7, 11) is 0. The first-order chi connectivity index (χ1) is 14.1. The number of pyridine rings is 1. The molecule has 0 saturated carbocycles. The summed E-state index contributed by atoms with van der Waals surface area (Å²) in [6, 6.07) is 14.7. The van der Waals surface area contributed by atoms with Gasteiger partial charge in [0.25, 0.3) is 5.56 Å². The van der Waals surface area contributed by atoms with Crippen LogP contribution in [0.2, 0.25) is 0 Å². The van der Waals surface area contributed by atoms with Crippen LogP contribution in [-0.4, -0.2) is 39.7 Å². The van der Waals surface area contributed by atoms with Crippen molar-refractivity contribution < 1.29 is 9.90 Å². The third-order valence-electron chi connectivity index (χ3n) is 6.48. The largest absolute Gasteiger partial charge is 0.396 e. The molecular formula is C23H29N3O3. The minimum Gasteiger partial charge on any atom is -0.396 e. The van der Waals surface area contributed by atoms with Crippen molar-refractivity contribution in [3.63, 3.8) is 0 Å². The summed E-state index contributed by atoms with van der Waals surface area (Å²) in [6.07, 6.45) is 0.899. The maximum absolute atomic E-state index is 13.4. The highest BCUT2D eigenvalue weighted by atomic mass is 16.3. The highest BCUT2D eigenvalue weighted by molar-refractivity contribution is 5.83. The van der Waals surface area contributed by atoms with Crippen molar-refractivity contribution in [1.82, 2.24) is 14.8 Å². The number of aliphatic hydroxyl groups excluding tert-OH is 1. The number of likely N-dealkylation sites (tertiary alicyclic amines) is 1. The minimum absolute atomic E-state index is 0.0104. The number of fused-ring (bicyclic) bond motifs is 3. The second kappa shape index (κ2) is 8.13. The van der Waals surface area contributed by atoms with Crippen LogP contribution >= 0.6 is 0 Å². The van der Waals surface area contributed by atoms with E-state index in [2.05, 4.69) is 17.1 Å². The van der Waals surface area contributed by atoms with Gasteiger partial charge in [-0.05, 0) is 31.5 Å². The number of nitrogens with one attached hydrogen (secondary N) is 1. The van der Waals surface area contributed by atoms with Crippen LogP contribution in [0.3, 0.4) is 0 Å². The highest BCUT2D eigenvalue weighted by Gasteiger charge is 2.55. The Morgan fingerprint density at radius 1 is 1.21 bits per heavy atom. The summed E-state index contributed by atoms with van der Waals surface area (Å²) in [4.78, 5) is 27.9. The number of hydrogen-bond acceptors (Lipinski definition) is 4. The Morgan fingerprint density at radius 2 is 1.97 bits per heavy atom. The van der Waals surface area contributed by atoms with Gasteiger partial charge in [0.1, 0.15) is 0 Å². The van der Waals surface area contributed by atoms with Crippen LogP contribution in [0, 0.1) is 11.8 Å². The van der Waals surface area contributed by atoms with E-state index in [0.29, 0.717) is 6.54 Å². The monoisotopic (exact) mass is 395 g/mol. The van der Waals surface area contributed by atoms with Crippen molar-refractivity contribution >= 4 is 5.91 Å². The molecule has 1 amide bonds. The normalized spacial score (nSPS) is 26.7. The van der Waals surface area contributed by atoms with E-state index < -0.39 is 6.04 Å².